The van der Waals surface area contributed by atoms with Crippen LogP contribution in [0.1, 0.15) is 32.1 Å². The molecule has 2 aromatic heterocycles. The zero-order chi connectivity index (χ0) is 24.6. The number of nitrogens with zero attached hydrogens (tertiary/aromatic N) is 2. The summed E-state index contributed by atoms with van der Waals surface area (Å²) in [5.41, 5.74) is 2.74. The lowest BCUT2D eigenvalue weighted by molar-refractivity contribution is -0.585. The minimum absolute atomic E-state index is 0. The average molecular weight is 630 g/mol. The van der Waals surface area contributed by atoms with E-state index in [0.29, 0.717) is 22.9 Å². The summed E-state index contributed by atoms with van der Waals surface area (Å²) < 4.78 is 8.81. The largest absolute Gasteiger partial charge is 1.00 e. The van der Waals surface area contributed by atoms with E-state index < -0.39 is 0 Å². The van der Waals surface area contributed by atoms with Crippen molar-refractivity contribution >= 4 is 11.8 Å². The summed E-state index contributed by atoms with van der Waals surface area (Å²) in [6.07, 6.45) is 3.68. The molecule has 4 aromatic rings. The standard InChI is InChI=1S/C28H26N2O5.2BrH/c31-19-23-5-1-3-15-29(23)27(33)17-21-7-11-25(12-8-21)35-26-13-9-22(10-14-26)18-28(34)30-16-4-2-6-24(30)20-32;;/h1-16,31-32H,17-20H2;2*1H/q+2;;/p-2. The Balaban J connectivity index is 0.00000241. The lowest BCUT2D eigenvalue weighted by atomic mass is 10.1. The minimum Gasteiger partial charge on any atom is -1.00 e. The van der Waals surface area contributed by atoms with Crippen LogP contribution in [0.15, 0.2) is 97.3 Å². The number of pyridine rings is 2. The molecule has 0 radical (unpaired) electrons. The number of carbonyl (C=O) groups is 2. The fraction of sp³-hybridized carbons (Fsp3) is 0.143. The van der Waals surface area contributed by atoms with Gasteiger partial charge in [0, 0.05) is 24.3 Å². The van der Waals surface area contributed by atoms with Crippen LogP contribution in [-0.4, -0.2) is 22.0 Å². The van der Waals surface area contributed by atoms with Gasteiger partial charge in [0.2, 0.25) is 11.4 Å². The molecule has 7 nitrogen and oxygen atoms in total. The summed E-state index contributed by atoms with van der Waals surface area (Å²) in [7, 11) is 0. The molecule has 0 amide bonds. The highest BCUT2D eigenvalue weighted by Gasteiger charge is 2.20. The fourth-order valence-electron chi connectivity index (χ4n) is 3.71. The zero-order valence-corrected chi connectivity index (χ0v) is 23.0. The van der Waals surface area contributed by atoms with Crippen molar-refractivity contribution in [2.75, 3.05) is 0 Å². The third-order valence-electron chi connectivity index (χ3n) is 5.54. The van der Waals surface area contributed by atoms with Gasteiger partial charge >= 0.3 is 11.8 Å². The van der Waals surface area contributed by atoms with Crippen LogP contribution in [0.25, 0.3) is 0 Å². The molecule has 192 valence electrons. The SMILES string of the molecule is O=C(Cc1ccc(Oc2ccc(CC(=O)[n+]3ccccc3CO)cc2)cc1)[n+]1ccccc1CO.[Br-].[Br-]. The molecule has 0 unspecified atom stereocenters. The van der Waals surface area contributed by atoms with E-state index in [1.54, 1.807) is 73.1 Å². The molecule has 0 aliphatic carbocycles. The second-order valence-electron chi connectivity index (χ2n) is 7.97. The molecule has 0 atom stereocenters. The maximum absolute atomic E-state index is 12.6. The Morgan fingerprint density at radius 3 is 1.32 bits per heavy atom. The highest BCUT2D eigenvalue weighted by Crippen LogP contribution is 2.22. The van der Waals surface area contributed by atoms with Crippen LogP contribution in [0.3, 0.4) is 0 Å². The lowest BCUT2D eigenvalue weighted by Crippen LogP contribution is -3.00. The number of ether oxygens (including phenoxy) is 1. The first-order valence-electron chi connectivity index (χ1n) is 11.2. The Kier molecular flexibility index (Phi) is 11.7. The normalized spacial score (nSPS) is 10.1. The fourth-order valence-corrected chi connectivity index (χ4v) is 3.71. The quantitative estimate of drug-likeness (QED) is 0.201. The highest BCUT2D eigenvalue weighted by molar-refractivity contribution is 5.71. The monoisotopic (exact) mass is 628 g/mol. The molecule has 9 heteroatoms. The smallest absolute Gasteiger partial charge is 0.396 e. The molecule has 4 rings (SSSR count). The van der Waals surface area contributed by atoms with E-state index in [0.717, 1.165) is 11.1 Å². The van der Waals surface area contributed by atoms with Crippen LogP contribution in [0, 0.1) is 0 Å². The van der Waals surface area contributed by atoms with Crippen molar-refractivity contribution in [3.63, 3.8) is 0 Å². The van der Waals surface area contributed by atoms with Gasteiger partial charge in [-0.2, -0.15) is 0 Å². The summed E-state index contributed by atoms with van der Waals surface area (Å²) in [6.45, 7) is -0.414. The van der Waals surface area contributed by atoms with E-state index >= 15 is 0 Å². The number of benzene rings is 2. The van der Waals surface area contributed by atoms with Crippen molar-refractivity contribution in [1.29, 1.82) is 0 Å². The molecule has 2 heterocycles. The van der Waals surface area contributed by atoms with E-state index in [1.807, 2.05) is 24.3 Å². The van der Waals surface area contributed by atoms with Crippen LogP contribution >= 0.6 is 0 Å². The molecule has 0 saturated heterocycles. The minimum atomic E-state index is -0.207. The van der Waals surface area contributed by atoms with Crippen molar-refractivity contribution in [3.8, 4) is 11.5 Å². The molecule has 0 aliphatic rings. The Hall–Kier alpha value is -3.24. The second kappa shape index (κ2) is 14.5. The number of aromatic nitrogens is 2. The molecule has 37 heavy (non-hydrogen) atoms. The highest BCUT2D eigenvalue weighted by atomic mass is 79.9. The summed E-state index contributed by atoms with van der Waals surface area (Å²) in [5, 5.41) is 18.9. The van der Waals surface area contributed by atoms with Crippen molar-refractivity contribution in [2.24, 2.45) is 0 Å². The molecule has 0 fully saturated rings. The molecule has 0 aliphatic heterocycles. The first-order valence-corrected chi connectivity index (χ1v) is 11.2. The van der Waals surface area contributed by atoms with Gasteiger partial charge in [-0.25, -0.2) is 9.59 Å². The Morgan fingerprint density at radius 2 is 0.973 bits per heavy atom. The van der Waals surface area contributed by atoms with Gasteiger partial charge in [0.15, 0.2) is 12.4 Å². The molecule has 0 saturated carbocycles. The van der Waals surface area contributed by atoms with Gasteiger partial charge < -0.3 is 48.9 Å². The predicted octanol–water partition coefficient (Wildman–Crippen LogP) is -3.19. The molecule has 2 N–H and O–H groups in total. The maximum Gasteiger partial charge on any atom is 0.396 e. The number of carbonyl (C=O) groups excluding carboxylic acids is 2. The van der Waals surface area contributed by atoms with E-state index in [1.165, 1.54) is 9.13 Å². The maximum atomic E-state index is 12.6. The van der Waals surface area contributed by atoms with Gasteiger partial charge in [0.25, 0.3) is 0 Å². The van der Waals surface area contributed by atoms with Crippen LogP contribution in [0.5, 0.6) is 11.5 Å². The van der Waals surface area contributed by atoms with Crippen molar-refractivity contribution in [3.05, 3.63) is 120 Å². The average Bonchev–Trinajstić information content (AvgIpc) is 2.90. The Labute approximate surface area is 236 Å². The van der Waals surface area contributed by atoms with Gasteiger partial charge in [-0.15, -0.1) is 9.13 Å². The van der Waals surface area contributed by atoms with E-state index in [9.17, 15) is 19.8 Å². The zero-order valence-electron chi connectivity index (χ0n) is 19.8. The Morgan fingerprint density at radius 1 is 0.595 bits per heavy atom. The first-order chi connectivity index (χ1) is 17.1. The van der Waals surface area contributed by atoms with Crippen LogP contribution in [-0.2, 0) is 26.1 Å². The number of hydrogen-bond acceptors (Lipinski definition) is 5. The van der Waals surface area contributed by atoms with E-state index in [2.05, 4.69) is 0 Å². The lowest BCUT2D eigenvalue weighted by Gasteiger charge is -2.07. The van der Waals surface area contributed by atoms with Gasteiger partial charge in [-0.3, -0.25) is 0 Å². The van der Waals surface area contributed by atoms with Gasteiger partial charge in [-0.1, -0.05) is 24.3 Å². The van der Waals surface area contributed by atoms with Crippen LogP contribution < -0.4 is 47.8 Å². The summed E-state index contributed by atoms with van der Waals surface area (Å²) >= 11 is 0. The molecule has 2 aromatic carbocycles. The molecule has 0 spiro atoms. The first kappa shape index (κ1) is 30.0. The van der Waals surface area contributed by atoms with E-state index in [4.69, 9.17) is 4.74 Å². The number of rotatable bonds is 8. The third kappa shape index (κ3) is 7.87. The number of hydrogen-bond donors (Lipinski definition) is 2. The van der Waals surface area contributed by atoms with E-state index in [-0.39, 0.29) is 71.8 Å². The summed E-state index contributed by atoms with van der Waals surface area (Å²) in [5.74, 6) is 0.989. The number of aliphatic hydroxyl groups is 2. The van der Waals surface area contributed by atoms with Crippen molar-refractivity contribution < 1.29 is 67.6 Å². The van der Waals surface area contributed by atoms with Crippen LogP contribution in [0.4, 0.5) is 0 Å². The van der Waals surface area contributed by atoms with Crippen molar-refractivity contribution in [1.82, 2.24) is 0 Å². The molecular formula is C28H26Br2N2O5. The van der Waals surface area contributed by atoms with Gasteiger partial charge in [0.1, 0.15) is 24.7 Å². The molecule has 0 bridgehead atoms. The van der Waals surface area contributed by atoms with Crippen molar-refractivity contribution in [2.45, 2.75) is 26.1 Å². The van der Waals surface area contributed by atoms with Crippen LogP contribution in [0.2, 0.25) is 0 Å². The number of halogens is 2. The predicted molar refractivity (Wildman–Crippen MR) is 127 cm³/mol. The molecular weight excluding hydrogens is 604 g/mol. The third-order valence-corrected chi connectivity index (χ3v) is 5.54. The van der Waals surface area contributed by atoms with Gasteiger partial charge in [0.05, 0.1) is 12.8 Å². The van der Waals surface area contributed by atoms with Gasteiger partial charge in [-0.05, 0) is 47.5 Å². The topological polar surface area (TPSA) is 91.6 Å². The number of aliphatic hydroxyl groups excluding tert-OH is 2. The summed E-state index contributed by atoms with van der Waals surface area (Å²) in [6, 6.07) is 25.0. The summed E-state index contributed by atoms with van der Waals surface area (Å²) in [4.78, 5) is 25.2. The Bertz CT molecular complexity index is 1230. The second-order valence-corrected chi connectivity index (χ2v) is 7.97.